The van der Waals surface area contributed by atoms with Crippen LogP contribution in [0.2, 0.25) is 0 Å². The van der Waals surface area contributed by atoms with Gasteiger partial charge in [-0.3, -0.25) is 9.88 Å². The largest absolute Gasteiger partial charge is 0.310 e. The van der Waals surface area contributed by atoms with Crippen LogP contribution in [0.25, 0.3) is 0 Å². The summed E-state index contributed by atoms with van der Waals surface area (Å²) in [6.45, 7) is 1.59. The molecule has 3 rings (SSSR count). The van der Waals surface area contributed by atoms with E-state index in [1.165, 1.54) is 18.4 Å². The van der Waals surface area contributed by atoms with Gasteiger partial charge in [-0.15, -0.1) is 0 Å². The fourth-order valence-corrected chi connectivity index (χ4v) is 4.52. The number of aromatic nitrogens is 1. The Morgan fingerprint density at radius 2 is 2.14 bits per heavy atom. The van der Waals surface area contributed by atoms with Gasteiger partial charge in [-0.1, -0.05) is 6.07 Å². The van der Waals surface area contributed by atoms with Crippen molar-refractivity contribution in [2.75, 3.05) is 18.6 Å². The molecule has 5 nitrogen and oxygen atoms in total. The summed E-state index contributed by atoms with van der Waals surface area (Å²) in [5.74, 6) is 0.605. The monoisotopic (exact) mass is 309 g/mol. The Balaban J connectivity index is 1.52. The first-order chi connectivity index (χ1) is 10.0. The molecule has 2 fully saturated rings. The van der Waals surface area contributed by atoms with E-state index in [2.05, 4.69) is 21.3 Å². The van der Waals surface area contributed by atoms with Crippen LogP contribution in [0, 0.1) is 0 Å². The maximum absolute atomic E-state index is 11.5. The topological polar surface area (TPSA) is 62.3 Å². The van der Waals surface area contributed by atoms with Gasteiger partial charge in [0, 0.05) is 31.4 Å². The smallest absolute Gasteiger partial charge is 0.151 e. The molecule has 0 aromatic carbocycles. The third-order valence-corrected chi connectivity index (χ3v) is 6.05. The van der Waals surface area contributed by atoms with Crippen LogP contribution in [0.15, 0.2) is 18.3 Å². The number of hydrogen-bond donors (Lipinski definition) is 1. The fraction of sp³-hybridized carbons (Fsp3) is 0.667. The lowest BCUT2D eigenvalue weighted by molar-refractivity contribution is 0.251. The predicted molar refractivity (Wildman–Crippen MR) is 82.6 cm³/mol. The molecule has 0 radical (unpaired) electrons. The van der Waals surface area contributed by atoms with Crippen molar-refractivity contribution < 1.29 is 8.42 Å². The van der Waals surface area contributed by atoms with E-state index in [0.29, 0.717) is 18.3 Å². The molecule has 0 bridgehead atoms. The van der Waals surface area contributed by atoms with Crippen molar-refractivity contribution in [3.05, 3.63) is 29.6 Å². The van der Waals surface area contributed by atoms with Gasteiger partial charge < -0.3 is 5.32 Å². The van der Waals surface area contributed by atoms with Gasteiger partial charge >= 0.3 is 0 Å². The summed E-state index contributed by atoms with van der Waals surface area (Å²) in [4.78, 5) is 6.60. The zero-order chi connectivity index (χ0) is 14.9. The molecule has 1 N–H and O–H groups in total. The van der Waals surface area contributed by atoms with Gasteiger partial charge in [0.25, 0.3) is 0 Å². The highest BCUT2D eigenvalue weighted by molar-refractivity contribution is 7.91. The van der Waals surface area contributed by atoms with Crippen molar-refractivity contribution in [1.82, 2.24) is 15.2 Å². The van der Waals surface area contributed by atoms with E-state index in [1.807, 2.05) is 19.3 Å². The molecule has 0 spiro atoms. The van der Waals surface area contributed by atoms with Crippen LogP contribution >= 0.6 is 0 Å². The van der Waals surface area contributed by atoms with E-state index in [9.17, 15) is 8.42 Å². The van der Waals surface area contributed by atoms with Gasteiger partial charge in [0.05, 0.1) is 17.2 Å². The van der Waals surface area contributed by atoms with Crippen LogP contribution in [0.4, 0.5) is 0 Å². The van der Waals surface area contributed by atoms with E-state index in [0.717, 1.165) is 18.7 Å². The maximum atomic E-state index is 11.5. The summed E-state index contributed by atoms with van der Waals surface area (Å²) in [5.41, 5.74) is 2.20. The fourth-order valence-electron chi connectivity index (χ4n) is 2.71. The SMILES string of the molecule is CN(Cc1ccc(CNC2CC2)cn1)C1CCS(=O)(=O)C1. The molecule has 1 aliphatic heterocycles. The third-order valence-electron chi connectivity index (χ3n) is 4.30. The molecule has 116 valence electrons. The van der Waals surface area contributed by atoms with E-state index < -0.39 is 9.84 Å². The molecule has 1 aliphatic carbocycles. The lowest BCUT2D eigenvalue weighted by Crippen LogP contribution is -2.32. The van der Waals surface area contributed by atoms with Crippen molar-refractivity contribution in [3.8, 4) is 0 Å². The summed E-state index contributed by atoms with van der Waals surface area (Å²) in [5, 5.41) is 3.47. The van der Waals surface area contributed by atoms with Gasteiger partial charge in [0.1, 0.15) is 0 Å². The van der Waals surface area contributed by atoms with Crippen molar-refractivity contribution in [1.29, 1.82) is 0 Å². The average molecular weight is 309 g/mol. The normalized spacial score (nSPS) is 24.6. The number of nitrogens with zero attached hydrogens (tertiary/aromatic N) is 2. The molecule has 1 atom stereocenters. The van der Waals surface area contributed by atoms with E-state index in [4.69, 9.17) is 0 Å². The molecule has 1 aromatic heterocycles. The minimum absolute atomic E-state index is 0.132. The zero-order valence-corrected chi connectivity index (χ0v) is 13.3. The van der Waals surface area contributed by atoms with Crippen LogP contribution in [0.5, 0.6) is 0 Å². The number of pyridine rings is 1. The number of nitrogens with one attached hydrogen (secondary N) is 1. The second-order valence-electron chi connectivity index (χ2n) is 6.28. The lowest BCUT2D eigenvalue weighted by atomic mass is 10.2. The van der Waals surface area contributed by atoms with Gasteiger partial charge in [-0.25, -0.2) is 8.42 Å². The first-order valence-corrected chi connectivity index (χ1v) is 9.42. The van der Waals surface area contributed by atoms with Crippen LogP contribution in [-0.4, -0.2) is 48.9 Å². The number of rotatable bonds is 6. The summed E-state index contributed by atoms with van der Waals surface area (Å²) in [6, 6.07) is 4.99. The van der Waals surface area contributed by atoms with Crippen LogP contribution < -0.4 is 5.32 Å². The lowest BCUT2D eigenvalue weighted by Gasteiger charge is -2.22. The molecule has 0 amide bonds. The van der Waals surface area contributed by atoms with Gasteiger partial charge in [0.15, 0.2) is 9.84 Å². The molecule has 1 unspecified atom stereocenters. The second kappa shape index (κ2) is 6.02. The standard InChI is InChI=1S/C15H23N3O2S/c1-18(15-6-7-21(19,20)11-15)10-14-3-2-12(9-17-14)8-16-13-4-5-13/h2-3,9,13,15-16H,4-8,10-11H2,1H3. The quantitative estimate of drug-likeness (QED) is 0.848. The minimum Gasteiger partial charge on any atom is -0.310 e. The first-order valence-electron chi connectivity index (χ1n) is 7.60. The molecule has 2 aliphatic rings. The summed E-state index contributed by atoms with van der Waals surface area (Å²) in [7, 11) is -0.838. The zero-order valence-electron chi connectivity index (χ0n) is 12.5. The molecule has 1 saturated heterocycles. The van der Waals surface area contributed by atoms with Crippen molar-refractivity contribution in [2.45, 2.75) is 44.4 Å². The third kappa shape index (κ3) is 4.25. The average Bonchev–Trinajstić information content (AvgIpc) is 3.20. The Labute approximate surface area is 126 Å². The van der Waals surface area contributed by atoms with Crippen molar-refractivity contribution in [2.24, 2.45) is 0 Å². The van der Waals surface area contributed by atoms with Crippen molar-refractivity contribution in [3.63, 3.8) is 0 Å². The molecule has 1 saturated carbocycles. The van der Waals surface area contributed by atoms with E-state index >= 15 is 0 Å². The molecule has 6 heteroatoms. The van der Waals surface area contributed by atoms with E-state index in [1.54, 1.807) is 0 Å². The number of hydrogen-bond acceptors (Lipinski definition) is 5. The Kier molecular flexibility index (Phi) is 4.28. The molecule has 1 aromatic rings. The predicted octanol–water partition coefficient (Wildman–Crippen LogP) is 0.953. The van der Waals surface area contributed by atoms with E-state index in [-0.39, 0.29) is 11.8 Å². The summed E-state index contributed by atoms with van der Waals surface area (Å²) < 4.78 is 23.1. The molecular weight excluding hydrogens is 286 g/mol. The summed E-state index contributed by atoms with van der Waals surface area (Å²) >= 11 is 0. The highest BCUT2D eigenvalue weighted by Crippen LogP contribution is 2.20. The molecule has 2 heterocycles. The Morgan fingerprint density at radius 3 is 2.71 bits per heavy atom. The first kappa shape index (κ1) is 14.9. The Morgan fingerprint density at radius 1 is 1.33 bits per heavy atom. The minimum atomic E-state index is -2.82. The second-order valence-corrected chi connectivity index (χ2v) is 8.51. The van der Waals surface area contributed by atoms with Gasteiger partial charge in [-0.05, 0) is 37.9 Å². The van der Waals surface area contributed by atoms with Gasteiger partial charge in [-0.2, -0.15) is 0 Å². The number of sulfone groups is 1. The molecule has 21 heavy (non-hydrogen) atoms. The van der Waals surface area contributed by atoms with Crippen molar-refractivity contribution >= 4 is 9.84 Å². The van der Waals surface area contributed by atoms with Gasteiger partial charge in [0.2, 0.25) is 0 Å². The highest BCUT2D eigenvalue weighted by Gasteiger charge is 2.30. The molecular formula is C15H23N3O2S. The Bertz CT molecular complexity index is 581. The van der Waals surface area contributed by atoms with Crippen LogP contribution in [0.1, 0.15) is 30.5 Å². The van der Waals surface area contributed by atoms with Crippen LogP contribution in [0.3, 0.4) is 0 Å². The van der Waals surface area contributed by atoms with Crippen LogP contribution in [-0.2, 0) is 22.9 Å². The highest BCUT2D eigenvalue weighted by atomic mass is 32.2. The Hall–Kier alpha value is -0.980. The maximum Gasteiger partial charge on any atom is 0.151 e. The summed E-state index contributed by atoms with van der Waals surface area (Å²) in [6.07, 6.45) is 5.24.